The number of hydrogen-bond acceptors (Lipinski definition) is 3. The maximum Gasteiger partial charge on any atom is 0.337 e. The molecule has 0 amide bonds. The highest BCUT2D eigenvalue weighted by molar-refractivity contribution is 5.73. The third-order valence-electron chi connectivity index (χ3n) is 5.59. The van der Waals surface area contributed by atoms with Gasteiger partial charge in [-0.15, -0.1) is 0 Å². The lowest BCUT2D eigenvalue weighted by Crippen LogP contribution is -2.39. The van der Waals surface area contributed by atoms with E-state index in [0.29, 0.717) is 17.7 Å². The Labute approximate surface area is 167 Å². The van der Waals surface area contributed by atoms with Gasteiger partial charge in [-0.2, -0.15) is 0 Å². The Hall–Kier alpha value is -3.41. The van der Waals surface area contributed by atoms with E-state index in [1.54, 1.807) is 10.9 Å². The first-order valence-electron chi connectivity index (χ1n) is 9.88. The summed E-state index contributed by atoms with van der Waals surface area (Å²) in [6.45, 7) is 4.54. The van der Waals surface area contributed by atoms with Crippen LogP contribution in [0.1, 0.15) is 35.6 Å². The first-order chi connectivity index (χ1) is 14.0. The van der Waals surface area contributed by atoms with Crippen LogP contribution in [0.5, 0.6) is 0 Å². The topological polar surface area (TPSA) is 61.8 Å². The Morgan fingerprint density at radius 1 is 1.00 bits per heavy atom. The Morgan fingerprint density at radius 2 is 1.72 bits per heavy atom. The molecule has 0 saturated heterocycles. The van der Waals surface area contributed by atoms with Gasteiger partial charge in [-0.1, -0.05) is 48.0 Å². The molecule has 5 rings (SSSR count). The molecule has 0 aliphatic heterocycles. The van der Waals surface area contributed by atoms with Crippen molar-refractivity contribution in [3.8, 4) is 5.69 Å². The highest BCUT2D eigenvalue weighted by Crippen LogP contribution is 2.32. The minimum Gasteiger partial charge on any atom is -0.320 e. The molecular formula is C23H22N4O2. The standard InChI is InChI=1S/C23H22N4O2/c1-15-7-9-17(10-8-15)13-25-14-24-21-20(25)22(28)26(18-11-12-18)23(29)27(21)19-6-4-3-5-16(19)2/h3-10,14,18H,11-13H2,1-2H3. The van der Waals surface area contributed by atoms with Crippen LogP contribution in [0.3, 0.4) is 0 Å². The number of hydrogen-bond donors (Lipinski definition) is 0. The van der Waals surface area contributed by atoms with Crippen LogP contribution in [0.25, 0.3) is 16.9 Å². The minimum atomic E-state index is -0.306. The maximum atomic E-state index is 13.3. The summed E-state index contributed by atoms with van der Waals surface area (Å²) in [6.07, 6.45) is 3.39. The van der Waals surface area contributed by atoms with Crippen LogP contribution in [0.2, 0.25) is 0 Å². The van der Waals surface area contributed by atoms with Gasteiger partial charge >= 0.3 is 5.69 Å². The Bertz CT molecular complexity index is 1340. The van der Waals surface area contributed by atoms with Crippen LogP contribution < -0.4 is 11.2 Å². The maximum absolute atomic E-state index is 13.3. The van der Waals surface area contributed by atoms with Gasteiger partial charge in [0, 0.05) is 12.6 Å². The quantitative estimate of drug-likeness (QED) is 0.540. The molecule has 146 valence electrons. The van der Waals surface area contributed by atoms with Crippen LogP contribution in [0, 0.1) is 13.8 Å². The van der Waals surface area contributed by atoms with Crippen LogP contribution in [0.15, 0.2) is 64.4 Å². The number of benzene rings is 2. The number of fused-ring (bicyclic) bond motifs is 1. The highest BCUT2D eigenvalue weighted by Gasteiger charge is 2.30. The lowest BCUT2D eigenvalue weighted by molar-refractivity contribution is 0.638. The molecule has 2 aromatic carbocycles. The normalized spacial score (nSPS) is 13.9. The molecule has 0 spiro atoms. The number of nitrogens with zero attached hydrogens (tertiary/aromatic N) is 4. The van der Waals surface area contributed by atoms with Gasteiger partial charge in [0.2, 0.25) is 0 Å². The van der Waals surface area contributed by atoms with Gasteiger partial charge in [-0.3, -0.25) is 9.36 Å². The van der Waals surface area contributed by atoms with E-state index in [1.807, 2.05) is 42.7 Å². The molecule has 1 aliphatic rings. The molecule has 2 heterocycles. The van der Waals surface area contributed by atoms with Gasteiger partial charge in [-0.25, -0.2) is 14.3 Å². The zero-order chi connectivity index (χ0) is 20.1. The zero-order valence-corrected chi connectivity index (χ0v) is 16.5. The summed E-state index contributed by atoms with van der Waals surface area (Å²) in [4.78, 5) is 31.1. The van der Waals surface area contributed by atoms with E-state index >= 15 is 0 Å². The second kappa shape index (κ2) is 6.58. The average Bonchev–Trinajstić information content (AvgIpc) is 3.45. The predicted molar refractivity (Wildman–Crippen MR) is 113 cm³/mol. The summed E-state index contributed by atoms with van der Waals surface area (Å²) in [5, 5.41) is 0. The second-order valence-corrected chi connectivity index (χ2v) is 7.84. The molecule has 2 aromatic heterocycles. The smallest absolute Gasteiger partial charge is 0.320 e. The van der Waals surface area contributed by atoms with E-state index in [2.05, 4.69) is 29.2 Å². The van der Waals surface area contributed by atoms with E-state index in [1.165, 1.54) is 10.1 Å². The summed E-state index contributed by atoms with van der Waals surface area (Å²) in [6, 6.07) is 15.9. The number of para-hydroxylation sites is 1. The molecule has 0 unspecified atom stereocenters. The molecule has 29 heavy (non-hydrogen) atoms. The molecule has 4 aromatic rings. The van der Waals surface area contributed by atoms with Gasteiger partial charge in [0.25, 0.3) is 5.56 Å². The minimum absolute atomic E-state index is 0.0163. The van der Waals surface area contributed by atoms with Gasteiger partial charge in [0.05, 0.1) is 12.0 Å². The summed E-state index contributed by atoms with van der Waals surface area (Å²) < 4.78 is 4.87. The molecule has 0 atom stereocenters. The molecule has 0 bridgehead atoms. The number of imidazole rings is 1. The molecule has 6 heteroatoms. The van der Waals surface area contributed by atoms with Crippen molar-refractivity contribution in [3.63, 3.8) is 0 Å². The Kier molecular flexibility index (Phi) is 4.01. The number of aryl methyl sites for hydroxylation is 2. The van der Waals surface area contributed by atoms with Gasteiger partial charge < -0.3 is 4.57 Å². The van der Waals surface area contributed by atoms with Crippen LogP contribution in [0.4, 0.5) is 0 Å². The third-order valence-corrected chi connectivity index (χ3v) is 5.59. The van der Waals surface area contributed by atoms with E-state index in [4.69, 9.17) is 0 Å². The zero-order valence-electron chi connectivity index (χ0n) is 16.5. The van der Waals surface area contributed by atoms with Crippen LogP contribution in [-0.2, 0) is 6.54 Å². The van der Waals surface area contributed by atoms with Crippen molar-refractivity contribution >= 4 is 11.2 Å². The fourth-order valence-corrected chi connectivity index (χ4v) is 3.85. The van der Waals surface area contributed by atoms with Crippen molar-refractivity contribution < 1.29 is 0 Å². The van der Waals surface area contributed by atoms with E-state index in [9.17, 15) is 9.59 Å². The largest absolute Gasteiger partial charge is 0.337 e. The SMILES string of the molecule is Cc1ccc(Cn2cnc3c2c(=O)n(C2CC2)c(=O)n3-c2ccccc2C)cc1. The lowest BCUT2D eigenvalue weighted by Gasteiger charge is -2.14. The van der Waals surface area contributed by atoms with Gasteiger partial charge in [-0.05, 0) is 43.9 Å². The van der Waals surface area contributed by atoms with Crippen molar-refractivity contribution in [2.45, 2.75) is 39.3 Å². The first kappa shape index (κ1) is 17.7. The second-order valence-electron chi connectivity index (χ2n) is 7.84. The average molecular weight is 386 g/mol. The van der Waals surface area contributed by atoms with Crippen molar-refractivity contribution in [3.05, 3.63) is 92.4 Å². The fraction of sp³-hybridized carbons (Fsp3) is 0.261. The molecule has 6 nitrogen and oxygen atoms in total. The molecule has 1 fully saturated rings. The highest BCUT2D eigenvalue weighted by atomic mass is 16.2. The molecule has 0 radical (unpaired) electrons. The Morgan fingerprint density at radius 3 is 2.41 bits per heavy atom. The Balaban J connectivity index is 1.79. The van der Waals surface area contributed by atoms with E-state index < -0.39 is 0 Å². The molecule has 1 saturated carbocycles. The third kappa shape index (κ3) is 2.92. The summed E-state index contributed by atoms with van der Waals surface area (Å²) in [7, 11) is 0. The summed E-state index contributed by atoms with van der Waals surface area (Å²) >= 11 is 0. The first-order valence-corrected chi connectivity index (χ1v) is 9.88. The summed E-state index contributed by atoms with van der Waals surface area (Å²) in [5.74, 6) is 0. The predicted octanol–water partition coefficient (Wildman–Crippen LogP) is 3.35. The van der Waals surface area contributed by atoms with Crippen molar-refractivity contribution in [2.75, 3.05) is 0 Å². The summed E-state index contributed by atoms with van der Waals surface area (Å²) in [5.41, 5.74) is 4.33. The van der Waals surface area contributed by atoms with Gasteiger partial charge in [0.1, 0.15) is 0 Å². The van der Waals surface area contributed by atoms with Crippen LogP contribution in [-0.4, -0.2) is 18.7 Å². The number of aromatic nitrogens is 4. The molecule has 1 aliphatic carbocycles. The van der Waals surface area contributed by atoms with E-state index in [-0.39, 0.29) is 17.3 Å². The number of rotatable bonds is 4. The van der Waals surface area contributed by atoms with Crippen molar-refractivity contribution in [1.82, 2.24) is 18.7 Å². The monoisotopic (exact) mass is 386 g/mol. The van der Waals surface area contributed by atoms with E-state index in [0.717, 1.165) is 29.7 Å². The molecule has 0 N–H and O–H groups in total. The van der Waals surface area contributed by atoms with Gasteiger partial charge in [0.15, 0.2) is 11.2 Å². The van der Waals surface area contributed by atoms with Crippen LogP contribution >= 0.6 is 0 Å². The molecular weight excluding hydrogens is 364 g/mol. The van der Waals surface area contributed by atoms with Crippen molar-refractivity contribution in [1.29, 1.82) is 0 Å². The van der Waals surface area contributed by atoms with Crippen molar-refractivity contribution in [2.24, 2.45) is 0 Å². The fourth-order valence-electron chi connectivity index (χ4n) is 3.85. The lowest BCUT2D eigenvalue weighted by atomic mass is 10.1.